The molecular formula is C73H58N2O2. The molecule has 2 saturated carbocycles. The first-order valence-corrected chi connectivity index (χ1v) is 28.3. The van der Waals surface area contributed by atoms with E-state index in [-0.39, 0.29) is 0 Å². The predicted molar refractivity (Wildman–Crippen MR) is 325 cm³/mol. The lowest BCUT2D eigenvalue weighted by Crippen LogP contribution is -2.12. The van der Waals surface area contributed by atoms with Gasteiger partial charge in [0.1, 0.15) is 11.2 Å². The molecule has 0 spiro atoms. The van der Waals surface area contributed by atoms with Crippen LogP contribution in [0.1, 0.15) is 92.7 Å². The summed E-state index contributed by atoms with van der Waals surface area (Å²) in [5.74, 6) is 0.971. The molecule has 16 rings (SSSR count). The zero-order valence-electron chi connectivity index (χ0n) is 43.5. The molecule has 2 aliphatic carbocycles. The Morgan fingerprint density at radius 2 is 0.753 bits per heavy atom. The van der Waals surface area contributed by atoms with E-state index in [0.717, 1.165) is 67.2 Å². The average Bonchev–Trinajstić information content (AvgIpc) is 4.18. The smallest absolute Gasteiger partial charge is 0.159 e. The minimum Gasteiger partial charge on any atom is -0.454 e. The second kappa shape index (κ2) is 17.7. The molecule has 372 valence electrons. The van der Waals surface area contributed by atoms with Gasteiger partial charge in [-0.2, -0.15) is 0 Å². The third-order valence-corrected chi connectivity index (χ3v) is 18.0. The predicted octanol–water partition coefficient (Wildman–Crippen LogP) is 22.0. The van der Waals surface area contributed by atoms with Gasteiger partial charge in [0, 0.05) is 43.7 Å². The van der Waals surface area contributed by atoms with Crippen LogP contribution < -0.4 is 9.80 Å². The first kappa shape index (κ1) is 44.7. The highest BCUT2D eigenvalue weighted by Crippen LogP contribution is 2.53. The monoisotopic (exact) mass is 994 g/mol. The minimum absolute atomic E-state index is 0.485. The molecule has 0 bridgehead atoms. The van der Waals surface area contributed by atoms with Gasteiger partial charge < -0.3 is 18.6 Å². The van der Waals surface area contributed by atoms with Crippen molar-refractivity contribution in [2.45, 2.75) is 83.0 Å². The second-order valence-electron chi connectivity index (χ2n) is 22.3. The fraction of sp³-hybridized carbons (Fsp3) is 0.178. The number of benzene rings is 12. The number of para-hydroxylation sites is 4. The van der Waals surface area contributed by atoms with Crippen LogP contribution in [0, 0.1) is 6.92 Å². The Kier molecular flexibility index (Phi) is 10.3. The molecule has 2 aliphatic rings. The van der Waals surface area contributed by atoms with E-state index in [0.29, 0.717) is 11.8 Å². The summed E-state index contributed by atoms with van der Waals surface area (Å²) in [6.07, 6.45) is 12.5. The maximum atomic E-state index is 7.44. The second-order valence-corrected chi connectivity index (χ2v) is 22.3. The van der Waals surface area contributed by atoms with Gasteiger partial charge in [-0.3, -0.25) is 0 Å². The van der Waals surface area contributed by atoms with Gasteiger partial charge in [0.05, 0.1) is 22.7 Å². The molecule has 0 saturated heterocycles. The van der Waals surface area contributed by atoms with E-state index in [1.165, 1.54) is 146 Å². The molecule has 12 aromatic carbocycles. The van der Waals surface area contributed by atoms with Crippen LogP contribution in [0.5, 0.6) is 0 Å². The lowest BCUT2D eigenvalue weighted by Gasteiger charge is -2.30. The molecular weight excluding hydrogens is 937 g/mol. The Bertz CT molecular complexity index is 4630. The van der Waals surface area contributed by atoms with Crippen LogP contribution in [-0.4, -0.2) is 0 Å². The van der Waals surface area contributed by atoms with Crippen molar-refractivity contribution in [3.05, 3.63) is 217 Å². The van der Waals surface area contributed by atoms with Crippen LogP contribution in [0.4, 0.5) is 34.1 Å². The zero-order chi connectivity index (χ0) is 50.7. The number of hydrogen-bond donors (Lipinski definition) is 0. The number of hydrogen-bond acceptors (Lipinski definition) is 4. The average molecular weight is 995 g/mol. The summed E-state index contributed by atoms with van der Waals surface area (Å²) < 4.78 is 14.9. The quantitative estimate of drug-likeness (QED) is 0.142. The van der Waals surface area contributed by atoms with Crippen molar-refractivity contribution in [3.63, 3.8) is 0 Å². The Labute approximate surface area is 448 Å². The van der Waals surface area contributed by atoms with Crippen LogP contribution in [0.2, 0.25) is 0 Å². The molecule has 4 nitrogen and oxygen atoms in total. The number of nitrogens with zero attached hydrogens (tertiary/aromatic N) is 2. The van der Waals surface area contributed by atoms with Gasteiger partial charge in [-0.05, 0) is 159 Å². The van der Waals surface area contributed by atoms with Crippen molar-refractivity contribution < 1.29 is 8.83 Å². The fourth-order valence-electron chi connectivity index (χ4n) is 14.5. The maximum Gasteiger partial charge on any atom is 0.159 e. The highest BCUT2D eigenvalue weighted by atomic mass is 16.3. The largest absolute Gasteiger partial charge is 0.454 e. The Balaban J connectivity index is 0.931. The highest BCUT2D eigenvalue weighted by molar-refractivity contribution is 6.30. The van der Waals surface area contributed by atoms with Crippen LogP contribution in [-0.2, 0) is 0 Å². The molecule has 2 fully saturated rings. The van der Waals surface area contributed by atoms with Crippen LogP contribution >= 0.6 is 0 Å². The summed E-state index contributed by atoms with van der Waals surface area (Å²) in [4.78, 5) is 4.94. The molecule has 0 radical (unpaired) electrons. The van der Waals surface area contributed by atoms with E-state index in [2.05, 4.69) is 217 Å². The van der Waals surface area contributed by atoms with E-state index < -0.39 is 0 Å². The van der Waals surface area contributed by atoms with Crippen molar-refractivity contribution in [2.75, 3.05) is 9.80 Å². The summed E-state index contributed by atoms with van der Waals surface area (Å²) in [7, 11) is 0. The maximum absolute atomic E-state index is 7.44. The number of aryl methyl sites for hydroxylation is 1. The number of rotatable bonds is 8. The van der Waals surface area contributed by atoms with Crippen LogP contribution in [0.25, 0.3) is 97.7 Å². The molecule has 14 aromatic rings. The summed E-state index contributed by atoms with van der Waals surface area (Å²) >= 11 is 0. The van der Waals surface area contributed by atoms with E-state index >= 15 is 0 Å². The molecule has 2 aromatic heterocycles. The van der Waals surface area contributed by atoms with Gasteiger partial charge in [-0.1, -0.05) is 184 Å². The lowest BCUT2D eigenvalue weighted by molar-refractivity contribution is 0.442. The summed E-state index contributed by atoms with van der Waals surface area (Å²) in [5.41, 5.74) is 14.3. The summed E-state index contributed by atoms with van der Waals surface area (Å²) in [5, 5.41) is 17.1. The minimum atomic E-state index is 0.485. The third-order valence-electron chi connectivity index (χ3n) is 18.0. The van der Waals surface area contributed by atoms with Gasteiger partial charge in [-0.25, -0.2) is 0 Å². The highest BCUT2D eigenvalue weighted by Gasteiger charge is 2.30. The van der Waals surface area contributed by atoms with Gasteiger partial charge in [0.15, 0.2) is 11.2 Å². The van der Waals surface area contributed by atoms with E-state index in [4.69, 9.17) is 8.83 Å². The van der Waals surface area contributed by atoms with Crippen molar-refractivity contribution in [2.24, 2.45) is 0 Å². The number of furan rings is 2. The molecule has 0 aliphatic heterocycles. The standard InChI is InChI=1S/C73H58N2O2/c1-45-19-11-16-32-61(45)75(65-34-18-31-58-69-54-29-15-13-25-51(54)44-60(73(69)77-71(58)65)47-22-7-3-8-23-47)63-42-38-49-35-39-55-62(41-37-48-36-40-56(63)67(49)66(48)55)74(52-26-9-4-10-27-52)64-33-17-30-57-68-53-28-14-12-24-50(53)43-59(72(68)76-70(57)64)46-20-5-2-6-21-46/h4,9-19,24-44,46-47H,2-3,5-8,20-23H2,1H3. The summed E-state index contributed by atoms with van der Waals surface area (Å²) in [6, 6.07) is 74.7. The zero-order valence-corrected chi connectivity index (χ0v) is 43.5. The first-order chi connectivity index (χ1) is 38.1. The van der Waals surface area contributed by atoms with Gasteiger partial charge in [-0.15, -0.1) is 0 Å². The number of anilines is 6. The molecule has 0 unspecified atom stereocenters. The van der Waals surface area contributed by atoms with Gasteiger partial charge >= 0.3 is 0 Å². The SMILES string of the molecule is Cc1ccccc1N(c1ccc2ccc3c(N(c4ccccc4)c4cccc5c4oc4c(C6CCCCC6)cc6ccccc6c45)ccc4ccc1c2c43)c1cccc2c1oc1c(C3CCCCC3)cc3ccccc3c12. The summed E-state index contributed by atoms with van der Waals surface area (Å²) in [6.45, 7) is 2.23. The van der Waals surface area contributed by atoms with Crippen molar-refractivity contribution in [3.8, 4) is 0 Å². The van der Waals surface area contributed by atoms with E-state index in [9.17, 15) is 0 Å². The van der Waals surface area contributed by atoms with E-state index in [1.807, 2.05) is 0 Å². The molecule has 0 amide bonds. The Morgan fingerprint density at radius 3 is 1.30 bits per heavy atom. The van der Waals surface area contributed by atoms with Crippen molar-refractivity contribution in [1.82, 2.24) is 0 Å². The topological polar surface area (TPSA) is 32.8 Å². The normalized spacial score (nSPS) is 15.0. The molecule has 2 heterocycles. The first-order valence-electron chi connectivity index (χ1n) is 28.3. The van der Waals surface area contributed by atoms with Gasteiger partial charge in [0.2, 0.25) is 0 Å². The Hall–Kier alpha value is -8.60. The fourth-order valence-corrected chi connectivity index (χ4v) is 14.5. The molecule has 77 heavy (non-hydrogen) atoms. The van der Waals surface area contributed by atoms with Crippen molar-refractivity contribution >= 4 is 132 Å². The number of fused-ring (bicyclic) bond motifs is 10. The van der Waals surface area contributed by atoms with Crippen LogP contribution in [0.15, 0.2) is 209 Å². The third kappa shape index (κ3) is 6.90. The molecule has 4 heteroatoms. The molecule has 0 atom stereocenters. The van der Waals surface area contributed by atoms with Crippen molar-refractivity contribution in [1.29, 1.82) is 0 Å². The van der Waals surface area contributed by atoms with Gasteiger partial charge in [0.25, 0.3) is 0 Å². The van der Waals surface area contributed by atoms with E-state index in [1.54, 1.807) is 0 Å². The lowest BCUT2D eigenvalue weighted by atomic mass is 9.82. The molecule has 0 N–H and O–H groups in total. The Morgan fingerprint density at radius 1 is 0.312 bits per heavy atom. The van der Waals surface area contributed by atoms with Crippen LogP contribution in [0.3, 0.4) is 0 Å².